The van der Waals surface area contributed by atoms with Gasteiger partial charge in [0.15, 0.2) is 5.75 Å². The van der Waals surface area contributed by atoms with E-state index in [1.54, 1.807) is 31.2 Å². The molecule has 0 aliphatic carbocycles. The van der Waals surface area contributed by atoms with Crippen LogP contribution >= 0.6 is 11.6 Å². The molecule has 0 amide bonds. The second-order valence-electron chi connectivity index (χ2n) is 6.05. The van der Waals surface area contributed by atoms with Gasteiger partial charge in [0.05, 0.1) is 23.4 Å². The Labute approximate surface area is 167 Å². The summed E-state index contributed by atoms with van der Waals surface area (Å²) < 4.78 is 11.9. The Morgan fingerprint density at radius 3 is 2.54 bits per heavy atom. The fourth-order valence-corrected chi connectivity index (χ4v) is 2.75. The maximum Gasteiger partial charge on any atom is 0.362 e. The van der Waals surface area contributed by atoms with Crippen LogP contribution in [0.25, 0.3) is 5.69 Å². The Hall–Kier alpha value is -3.12. The van der Waals surface area contributed by atoms with Gasteiger partial charge in [0.2, 0.25) is 5.69 Å². The maximum absolute atomic E-state index is 12.6. The van der Waals surface area contributed by atoms with E-state index in [4.69, 9.17) is 21.1 Å². The lowest BCUT2D eigenvalue weighted by atomic mass is 10.2. The van der Waals surface area contributed by atoms with Gasteiger partial charge in [-0.1, -0.05) is 53.6 Å². The summed E-state index contributed by atoms with van der Waals surface area (Å²) in [5, 5.41) is 4.50. The van der Waals surface area contributed by atoms with Crippen LogP contribution < -0.4 is 10.3 Å². The number of hydrogen-bond acceptors (Lipinski definition) is 5. The first kappa shape index (κ1) is 19.6. The van der Waals surface area contributed by atoms with Crippen LogP contribution in [0.15, 0.2) is 59.4 Å². The summed E-state index contributed by atoms with van der Waals surface area (Å²) >= 11 is 6.17. The molecule has 3 rings (SSSR count). The fourth-order valence-electron chi connectivity index (χ4n) is 2.53. The number of rotatable bonds is 6. The van der Waals surface area contributed by atoms with E-state index in [1.165, 1.54) is 6.07 Å². The molecule has 0 unspecified atom stereocenters. The number of hydrogen-bond donors (Lipinski definition) is 0. The van der Waals surface area contributed by atoms with Crippen LogP contribution in [0.3, 0.4) is 0 Å². The highest BCUT2D eigenvalue weighted by Gasteiger charge is 2.20. The van der Waals surface area contributed by atoms with Gasteiger partial charge in [0.25, 0.3) is 5.56 Å². The molecule has 2 aromatic carbocycles. The maximum atomic E-state index is 12.6. The Bertz CT molecular complexity index is 1050. The van der Waals surface area contributed by atoms with E-state index in [9.17, 15) is 9.59 Å². The van der Waals surface area contributed by atoms with Crippen molar-refractivity contribution in [3.8, 4) is 11.4 Å². The number of esters is 1. The van der Waals surface area contributed by atoms with Gasteiger partial charge in [-0.05, 0) is 31.5 Å². The molecule has 0 aliphatic rings. The smallest absolute Gasteiger partial charge is 0.362 e. The molecule has 7 heteroatoms. The van der Waals surface area contributed by atoms with Crippen molar-refractivity contribution in [1.82, 2.24) is 9.78 Å². The first-order valence-electron chi connectivity index (χ1n) is 8.74. The molecule has 144 valence electrons. The topological polar surface area (TPSA) is 70.4 Å². The second-order valence-corrected chi connectivity index (χ2v) is 6.46. The average Bonchev–Trinajstić information content (AvgIpc) is 2.68. The highest BCUT2D eigenvalue weighted by atomic mass is 35.5. The van der Waals surface area contributed by atoms with Gasteiger partial charge in [0.1, 0.15) is 6.61 Å². The number of ether oxygens (including phenoxy) is 2. The standard InChI is InChI=1S/C21H19ClN2O4/c1-3-27-21(26)20-18(28-13-15-10-8-14(2)9-11-15)12-19(25)24(23-20)17-7-5-4-6-16(17)22/h4-12H,3,13H2,1-2H3. The van der Waals surface area contributed by atoms with Crippen molar-refractivity contribution in [2.24, 2.45) is 0 Å². The van der Waals surface area contributed by atoms with Crippen molar-refractivity contribution in [2.45, 2.75) is 20.5 Å². The summed E-state index contributed by atoms with van der Waals surface area (Å²) in [5.41, 5.74) is 1.83. The van der Waals surface area contributed by atoms with Crippen LogP contribution in [0.4, 0.5) is 0 Å². The molecule has 0 radical (unpaired) electrons. The highest BCUT2D eigenvalue weighted by molar-refractivity contribution is 6.32. The first-order chi connectivity index (χ1) is 13.5. The van der Waals surface area contributed by atoms with Crippen molar-refractivity contribution >= 4 is 17.6 Å². The van der Waals surface area contributed by atoms with E-state index in [2.05, 4.69) is 5.10 Å². The van der Waals surface area contributed by atoms with Crippen LogP contribution in [0.2, 0.25) is 5.02 Å². The van der Waals surface area contributed by atoms with Crippen molar-refractivity contribution in [3.05, 3.63) is 86.8 Å². The molecule has 1 heterocycles. The molecule has 0 atom stereocenters. The number of halogens is 1. The Morgan fingerprint density at radius 2 is 1.86 bits per heavy atom. The van der Waals surface area contributed by atoms with E-state index in [0.717, 1.165) is 15.8 Å². The zero-order valence-electron chi connectivity index (χ0n) is 15.5. The summed E-state index contributed by atoms with van der Waals surface area (Å²) in [4.78, 5) is 25.0. The number of aryl methyl sites for hydroxylation is 1. The molecule has 0 aliphatic heterocycles. The molecule has 0 saturated carbocycles. The van der Waals surface area contributed by atoms with E-state index in [0.29, 0.717) is 10.7 Å². The summed E-state index contributed by atoms with van der Waals surface area (Å²) in [6, 6.07) is 15.7. The Balaban J connectivity index is 2.00. The number of aromatic nitrogens is 2. The molecule has 1 aromatic heterocycles. The molecule has 0 saturated heterocycles. The molecule has 0 spiro atoms. The second kappa shape index (κ2) is 8.71. The molecule has 0 N–H and O–H groups in total. The summed E-state index contributed by atoms with van der Waals surface area (Å²) in [6.07, 6.45) is 0. The number of para-hydroxylation sites is 1. The average molecular weight is 399 g/mol. The van der Waals surface area contributed by atoms with Crippen molar-refractivity contribution in [3.63, 3.8) is 0 Å². The van der Waals surface area contributed by atoms with E-state index in [1.807, 2.05) is 31.2 Å². The third kappa shape index (κ3) is 4.40. The van der Waals surface area contributed by atoms with Crippen molar-refractivity contribution in [1.29, 1.82) is 0 Å². The summed E-state index contributed by atoms with van der Waals surface area (Å²) in [6.45, 7) is 4.03. The zero-order chi connectivity index (χ0) is 20.1. The van der Waals surface area contributed by atoms with E-state index in [-0.39, 0.29) is 24.7 Å². The fraction of sp³-hybridized carbons (Fsp3) is 0.190. The minimum Gasteiger partial charge on any atom is -0.486 e. The number of benzene rings is 2. The number of carbonyl (C=O) groups excluding carboxylic acids is 1. The van der Waals surface area contributed by atoms with Gasteiger partial charge < -0.3 is 9.47 Å². The predicted octanol–water partition coefficient (Wildman–Crippen LogP) is 3.95. The Morgan fingerprint density at radius 1 is 1.14 bits per heavy atom. The lowest BCUT2D eigenvalue weighted by Gasteiger charge is -2.13. The normalized spacial score (nSPS) is 10.5. The van der Waals surface area contributed by atoms with Crippen LogP contribution in [-0.2, 0) is 11.3 Å². The third-order valence-electron chi connectivity index (χ3n) is 3.96. The van der Waals surface area contributed by atoms with Gasteiger partial charge >= 0.3 is 5.97 Å². The van der Waals surface area contributed by atoms with Crippen LogP contribution in [-0.4, -0.2) is 22.4 Å². The molecule has 6 nitrogen and oxygen atoms in total. The summed E-state index contributed by atoms with van der Waals surface area (Å²) in [5.74, 6) is -0.616. The number of nitrogens with zero attached hydrogens (tertiary/aromatic N) is 2. The quantitative estimate of drug-likeness (QED) is 0.588. The minimum absolute atomic E-state index is 0.0623. The Kier molecular flexibility index (Phi) is 6.11. The van der Waals surface area contributed by atoms with Gasteiger partial charge in [0, 0.05) is 0 Å². The molecular formula is C21H19ClN2O4. The molecule has 0 fully saturated rings. The van der Waals surface area contributed by atoms with Crippen LogP contribution in [0, 0.1) is 6.92 Å². The van der Waals surface area contributed by atoms with Crippen molar-refractivity contribution < 1.29 is 14.3 Å². The lowest BCUT2D eigenvalue weighted by molar-refractivity contribution is 0.0511. The molecule has 28 heavy (non-hydrogen) atoms. The molecular weight excluding hydrogens is 380 g/mol. The largest absolute Gasteiger partial charge is 0.486 e. The third-order valence-corrected chi connectivity index (χ3v) is 4.28. The van der Waals surface area contributed by atoms with Gasteiger partial charge in [-0.3, -0.25) is 4.79 Å². The first-order valence-corrected chi connectivity index (χ1v) is 9.12. The minimum atomic E-state index is -0.679. The van der Waals surface area contributed by atoms with E-state index < -0.39 is 11.5 Å². The lowest BCUT2D eigenvalue weighted by Crippen LogP contribution is -2.25. The van der Waals surface area contributed by atoms with Crippen LogP contribution in [0.5, 0.6) is 5.75 Å². The number of carbonyl (C=O) groups is 1. The molecule has 3 aromatic rings. The monoisotopic (exact) mass is 398 g/mol. The van der Waals surface area contributed by atoms with Gasteiger partial charge in [-0.15, -0.1) is 0 Å². The SMILES string of the molecule is CCOC(=O)c1nn(-c2ccccc2Cl)c(=O)cc1OCc1ccc(C)cc1. The van der Waals surface area contributed by atoms with E-state index >= 15 is 0 Å². The summed E-state index contributed by atoms with van der Waals surface area (Å²) in [7, 11) is 0. The van der Waals surface area contributed by atoms with Gasteiger partial charge in [-0.25, -0.2) is 4.79 Å². The highest BCUT2D eigenvalue weighted by Crippen LogP contribution is 2.21. The van der Waals surface area contributed by atoms with Gasteiger partial charge in [-0.2, -0.15) is 9.78 Å². The molecule has 0 bridgehead atoms. The van der Waals surface area contributed by atoms with Crippen molar-refractivity contribution in [2.75, 3.05) is 6.61 Å². The zero-order valence-corrected chi connectivity index (χ0v) is 16.3. The predicted molar refractivity (Wildman–Crippen MR) is 106 cm³/mol. The van der Waals surface area contributed by atoms with Crippen LogP contribution in [0.1, 0.15) is 28.5 Å².